The summed E-state index contributed by atoms with van der Waals surface area (Å²) in [7, 11) is 1.45. The van der Waals surface area contributed by atoms with Gasteiger partial charge in [0.05, 0.1) is 36.6 Å². The number of halogens is 3. The molecule has 0 spiro atoms. The summed E-state index contributed by atoms with van der Waals surface area (Å²) in [6.07, 6.45) is -0.314. The molecular formula is C28H23F3N4O2. The van der Waals surface area contributed by atoms with Gasteiger partial charge in [-0.05, 0) is 66.6 Å². The Morgan fingerprint density at radius 2 is 1.86 bits per heavy atom. The summed E-state index contributed by atoms with van der Waals surface area (Å²) in [6.45, 7) is -0.122. The van der Waals surface area contributed by atoms with E-state index in [0.29, 0.717) is 23.3 Å². The number of nitrogens with zero attached hydrogens (tertiary/aromatic N) is 3. The van der Waals surface area contributed by atoms with Crippen molar-refractivity contribution in [2.24, 2.45) is 17.3 Å². The molecule has 0 bridgehead atoms. The van der Waals surface area contributed by atoms with Crippen LogP contribution in [0.5, 0.6) is 11.5 Å². The fourth-order valence-corrected chi connectivity index (χ4v) is 5.41. The third-order valence-electron chi connectivity index (χ3n) is 7.14. The molecule has 2 aromatic carbocycles. The van der Waals surface area contributed by atoms with Crippen LogP contribution < -0.4 is 9.47 Å². The Balaban J connectivity index is 1.75. The first-order valence-corrected chi connectivity index (χ1v) is 11.7. The highest BCUT2D eigenvalue weighted by Crippen LogP contribution is 2.55. The molecule has 2 aliphatic rings. The molecule has 2 aliphatic carbocycles. The van der Waals surface area contributed by atoms with Crippen LogP contribution in [-0.4, -0.2) is 12.8 Å². The summed E-state index contributed by atoms with van der Waals surface area (Å²) in [4.78, 5) is 0. The predicted octanol–water partition coefficient (Wildman–Crippen LogP) is 6.31. The van der Waals surface area contributed by atoms with Crippen molar-refractivity contribution in [2.75, 3.05) is 7.11 Å². The van der Waals surface area contributed by atoms with E-state index in [4.69, 9.17) is 14.9 Å². The average Bonchev–Trinajstić information content (AvgIpc) is 2.91. The molecule has 0 aromatic heterocycles. The Morgan fingerprint density at radius 1 is 1.11 bits per heavy atom. The van der Waals surface area contributed by atoms with Crippen LogP contribution in [-0.2, 0) is 12.8 Å². The van der Waals surface area contributed by atoms with E-state index in [1.165, 1.54) is 19.2 Å². The highest BCUT2D eigenvalue weighted by atomic mass is 19.4. The SMILES string of the molecule is COc1ccc(C2C3CCCC=C3C(C#N)C(=N)C2(C#N)C#N)cc1COc1cccc(C(F)(F)F)c1. The number of fused-ring (bicyclic) bond motifs is 1. The van der Waals surface area contributed by atoms with Gasteiger partial charge in [-0.2, -0.15) is 29.0 Å². The first-order chi connectivity index (χ1) is 17.7. The zero-order valence-corrected chi connectivity index (χ0v) is 20.0. The molecular weight excluding hydrogens is 481 g/mol. The van der Waals surface area contributed by atoms with Crippen LogP contribution in [0.25, 0.3) is 0 Å². The Labute approximate surface area is 212 Å². The normalized spacial score (nSPS) is 22.5. The molecule has 0 saturated heterocycles. The molecule has 9 heteroatoms. The minimum atomic E-state index is -4.51. The molecule has 0 heterocycles. The van der Waals surface area contributed by atoms with Gasteiger partial charge in [0.2, 0.25) is 0 Å². The second-order valence-electron chi connectivity index (χ2n) is 9.11. The topological polar surface area (TPSA) is 114 Å². The van der Waals surface area contributed by atoms with Crippen molar-refractivity contribution in [1.82, 2.24) is 0 Å². The van der Waals surface area contributed by atoms with Crippen molar-refractivity contribution in [3.05, 3.63) is 70.8 Å². The molecule has 188 valence electrons. The molecule has 0 aliphatic heterocycles. The first-order valence-electron chi connectivity index (χ1n) is 11.7. The molecule has 2 aromatic rings. The van der Waals surface area contributed by atoms with Gasteiger partial charge in [0, 0.05) is 11.5 Å². The second kappa shape index (κ2) is 9.99. The number of nitrogens with one attached hydrogen (secondary N) is 1. The summed E-state index contributed by atoms with van der Waals surface area (Å²) in [5, 5.41) is 38.8. The van der Waals surface area contributed by atoms with E-state index in [-0.39, 0.29) is 24.0 Å². The number of allylic oxidation sites excluding steroid dienone is 2. The lowest BCUT2D eigenvalue weighted by Gasteiger charge is -2.45. The molecule has 3 atom stereocenters. The number of hydrogen-bond donors (Lipinski definition) is 1. The zero-order chi connectivity index (χ0) is 26.8. The maximum absolute atomic E-state index is 13.1. The van der Waals surface area contributed by atoms with Crippen LogP contribution in [0.3, 0.4) is 0 Å². The molecule has 0 amide bonds. The molecule has 6 nitrogen and oxygen atoms in total. The monoisotopic (exact) mass is 504 g/mol. The van der Waals surface area contributed by atoms with Crippen molar-refractivity contribution in [1.29, 1.82) is 21.2 Å². The van der Waals surface area contributed by atoms with Crippen molar-refractivity contribution in [3.63, 3.8) is 0 Å². The Hall–Kier alpha value is -4.29. The van der Waals surface area contributed by atoms with E-state index in [1.54, 1.807) is 18.2 Å². The minimum absolute atomic E-state index is 0.0273. The van der Waals surface area contributed by atoms with Crippen LogP contribution in [0.4, 0.5) is 13.2 Å². The average molecular weight is 505 g/mol. The van der Waals surface area contributed by atoms with Gasteiger partial charge in [0.15, 0.2) is 5.41 Å². The van der Waals surface area contributed by atoms with E-state index in [0.717, 1.165) is 30.5 Å². The molecule has 0 radical (unpaired) electrons. The lowest BCUT2D eigenvalue weighted by atomic mass is 9.53. The van der Waals surface area contributed by atoms with Gasteiger partial charge in [-0.1, -0.05) is 18.2 Å². The number of alkyl halides is 3. The standard InChI is InChI=1S/C28H23F3N4O2/c1-36-24-10-9-17(11-18(24)14-37-20-6-4-5-19(12-20)28(29,30)31)25-22-8-3-2-7-21(22)23(13-32)26(35)27(25,15-33)16-34/h4-7,9-12,22-23,25,35H,2-3,8,14H2,1H3. The minimum Gasteiger partial charge on any atom is -0.496 e. The van der Waals surface area contributed by atoms with Crippen LogP contribution in [0.2, 0.25) is 0 Å². The van der Waals surface area contributed by atoms with Gasteiger partial charge < -0.3 is 14.9 Å². The lowest BCUT2D eigenvalue weighted by molar-refractivity contribution is -0.137. The first kappa shape index (κ1) is 25.8. The predicted molar refractivity (Wildman–Crippen MR) is 127 cm³/mol. The van der Waals surface area contributed by atoms with Crippen LogP contribution in [0.15, 0.2) is 54.1 Å². The third kappa shape index (κ3) is 4.52. The van der Waals surface area contributed by atoms with Gasteiger partial charge in [-0.25, -0.2) is 0 Å². The van der Waals surface area contributed by atoms with Crippen LogP contribution in [0, 0.1) is 56.7 Å². The largest absolute Gasteiger partial charge is 0.496 e. The highest BCUT2D eigenvalue weighted by Gasteiger charge is 2.57. The lowest BCUT2D eigenvalue weighted by Crippen LogP contribution is -2.48. The van der Waals surface area contributed by atoms with E-state index in [2.05, 4.69) is 18.2 Å². The van der Waals surface area contributed by atoms with E-state index < -0.39 is 29.0 Å². The summed E-state index contributed by atoms with van der Waals surface area (Å²) in [5.41, 5.74) is -1.02. The van der Waals surface area contributed by atoms with Crippen molar-refractivity contribution >= 4 is 5.71 Å². The van der Waals surface area contributed by atoms with Crippen LogP contribution >= 0.6 is 0 Å². The fraction of sp³-hybridized carbons (Fsp3) is 0.357. The molecule has 37 heavy (non-hydrogen) atoms. The van der Waals surface area contributed by atoms with Gasteiger partial charge in [0.1, 0.15) is 24.0 Å². The summed E-state index contributed by atoms with van der Waals surface area (Å²) >= 11 is 0. The van der Waals surface area contributed by atoms with E-state index in [9.17, 15) is 29.0 Å². The molecule has 3 unspecified atom stereocenters. The summed E-state index contributed by atoms with van der Waals surface area (Å²) in [5.74, 6) is -1.46. The highest BCUT2D eigenvalue weighted by molar-refractivity contribution is 6.00. The number of benzene rings is 2. The summed E-state index contributed by atoms with van der Waals surface area (Å²) < 4.78 is 50.4. The smallest absolute Gasteiger partial charge is 0.416 e. The number of ether oxygens (including phenoxy) is 2. The molecule has 1 N–H and O–H groups in total. The molecule has 1 saturated carbocycles. The second-order valence-corrected chi connectivity index (χ2v) is 9.11. The number of hydrogen-bond acceptors (Lipinski definition) is 6. The van der Waals surface area contributed by atoms with Gasteiger partial charge in [-0.3, -0.25) is 0 Å². The van der Waals surface area contributed by atoms with Gasteiger partial charge in [0.25, 0.3) is 0 Å². The van der Waals surface area contributed by atoms with E-state index >= 15 is 0 Å². The Bertz CT molecular complexity index is 1360. The fourth-order valence-electron chi connectivity index (χ4n) is 5.41. The molecule has 1 fully saturated rings. The maximum atomic E-state index is 13.1. The van der Waals surface area contributed by atoms with Crippen molar-refractivity contribution in [3.8, 4) is 29.7 Å². The number of rotatable bonds is 5. The van der Waals surface area contributed by atoms with Crippen LogP contribution in [0.1, 0.15) is 41.9 Å². The molecule has 4 rings (SSSR count). The van der Waals surface area contributed by atoms with Gasteiger partial charge in [-0.15, -0.1) is 0 Å². The summed E-state index contributed by atoms with van der Waals surface area (Å²) in [6, 6.07) is 15.9. The Morgan fingerprint density at radius 3 is 2.51 bits per heavy atom. The third-order valence-corrected chi connectivity index (χ3v) is 7.14. The van der Waals surface area contributed by atoms with Crippen molar-refractivity contribution < 1.29 is 22.6 Å². The van der Waals surface area contributed by atoms with Crippen molar-refractivity contribution in [2.45, 2.75) is 38.0 Å². The Kier molecular flexibility index (Phi) is 6.96. The maximum Gasteiger partial charge on any atom is 0.416 e. The van der Waals surface area contributed by atoms with E-state index in [1.807, 2.05) is 6.08 Å². The van der Waals surface area contributed by atoms with Gasteiger partial charge >= 0.3 is 6.18 Å². The quantitative estimate of drug-likeness (QED) is 0.479. The number of methoxy groups -OCH3 is 1. The number of nitriles is 3. The zero-order valence-electron chi connectivity index (χ0n) is 20.0.